The van der Waals surface area contributed by atoms with Gasteiger partial charge in [0.25, 0.3) is 0 Å². The predicted octanol–water partition coefficient (Wildman–Crippen LogP) is 1.44. The van der Waals surface area contributed by atoms with Gasteiger partial charge in [0.15, 0.2) is 0 Å². The van der Waals surface area contributed by atoms with Crippen LogP contribution in [-0.4, -0.2) is 33.1 Å². The summed E-state index contributed by atoms with van der Waals surface area (Å²) in [6.07, 6.45) is 0.958. The molecule has 0 amide bonds. The first-order valence-electron chi connectivity index (χ1n) is 5.30. The van der Waals surface area contributed by atoms with E-state index >= 15 is 0 Å². The molecule has 0 heterocycles. The van der Waals surface area contributed by atoms with Crippen molar-refractivity contribution in [3.63, 3.8) is 0 Å². The van der Waals surface area contributed by atoms with Gasteiger partial charge in [0.05, 0.1) is 0 Å². The molecule has 0 spiro atoms. The number of nitrogens with one attached hydrogen (secondary N) is 1. The Morgan fingerprint density at radius 1 is 1.44 bits per heavy atom. The zero-order valence-corrected chi connectivity index (χ0v) is 9.86. The van der Waals surface area contributed by atoms with Gasteiger partial charge in [-0.1, -0.05) is 12.1 Å². The molecule has 1 aromatic carbocycles. The molecule has 16 heavy (non-hydrogen) atoms. The van der Waals surface area contributed by atoms with E-state index in [1.165, 1.54) is 0 Å². The molecular formula is C12H19N3O. The molecule has 1 rings (SSSR count). The fourth-order valence-electron chi connectivity index (χ4n) is 1.60. The number of para-hydroxylation sites is 1. The molecule has 0 bridgehead atoms. The number of rotatable bonds is 6. The van der Waals surface area contributed by atoms with Gasteiger partial charge < -0.3 is 15.4 Å². The lowest BCUT2D eigenvalue weighted by molar-refractivity contribution is 0.196. The SMILES string of the molecule is COCCCN(C)c1ccccc1C(=N)N. The van der Waals surface area contributed by atoms with Crippen LogP contribution in [0.3, 0.4) is 0 Å². The van der Waals surface area contributed by atoms with Gasteiger partial charge in [-0.25, -0.2) is 0 Å². The lowest BCUT2D eigenvalue weighted by Gasteiger charge is -2.21. The summed E-state index contributed by atoms with van der Waals surface area (Å²) in [5, 5.41) is 7.51. The Labute approximate surface area is 96.5 Å². The van der Waals surface area contributed by atoms with Crippen LogP contribution in [0.5, 0.6) is 0 Å². The average molecular weight is 221 g/mol. The van der Waals surface area contributed by atoms with Crippen molar-refractivity contribution in [3.05, 3.63) is 29.8 Å². The Morgan fingerprint density at radius 3 is 2.75 bits per heavy atom. The number of ether oxygens (including phenoxy) is 1. The fourth-order valence-corrected chi connectivity index (χ4v) is 1.60. The highest BCUT2D eigenvalue weighted by atomic mass is 16.5. The van der Waals surface area contributed by atoms with Crippen LogP contribution >= 0.6 is 0 Å². The highest BCUT2D eigenvalue weighted by Gasteiger charge is 2.08. The Balaban J connectivity index is 2.74. The summed E-state index contributed by atoms with van der Waals surface area (Å²) in [6.45, 7) is 1.63. The van der Waals surface area contributed by atoms with Crippen LogP contribution in [0.2, 0.25) is 0 Å². The van der Waals surface area contributed by atoms with E-state index in [0.29, 0.717) is 0 Å². The summed E-state index contributed by atoms with van der Waals surface area (Å²) in [5.74, 6) is 0.106. The molecule has 0 saturated carbocycles. The van der Waals surface area contributed by atoms with Gasteiger partial charge in [0.2, 0.25) is 0 Å². The summed E-state index contributed by atoms with van der Waals surface area (Å²) in [7, 11) is 3.70. The largest absolute Gasteiger partial charge is 0.385 e. The number of hydrogen-bond acceptors (Lipinski definition) is 3. The molecule has 4 heteroatoms. The van der Waals surface area contributed by atoms with Gasteiger partial charge in [0, 0.05) is 38.6 Å². The number of benzene rings is 1. The van der Waals surface area contributed by atoms with Gasteiger partial charge in [-0.3, -0.25) is 5.41 Å². The Bertz CT molecular complexity index is 352. The first-order chi connectivity index (χ1) is 7.66. The van der Waals surface area contributed by atoms with Crippen molar-refractivity contribution >= 4 is 11.5 Å². The molecule has 0 aliphatic carbocycles. The molecule has 0 aromatic heterocycles. The molecule has 88 valence electrons. The van der Waals surface area contributed by atoms with Crippen LogP contribution in [0.25, 0.3) is 0 Å². The van der Waals surface area contributed by atoms with Crippen molar-refractivity contribution in [3.8, 4) is 0 Å². The van der Waals surface area contributed by atoms with Crippen molar-refractivity contribution in [2.75, 3.05) is 32.2 Å². The van der Waals surface area contributed by atoms with E-state index in [2.05, 4.69) is 4.90 Å². The minimum atomic E-state index is 0.106. The first kappa shape index (κ1) is 12.5. The zero-order valence-electron chi connectivity index (χ0n) is 9.86. The lowest BCUT2D eigenvalue weighted by Crippen LogP contribution is -2.24. The van der Waals surface area contributed by atoms with Crippen molar-refractivity contribution in [1.29, 1.82) is 5.41 Å². The third-order valence-electron chi connectivity index (χ3n) is 2.45. The van der Waals surface area contributed by atoms with E-state index in [1.807, 2.05) is 31.3 Å². The monoisotopic (exact) mass is 221 g/mol. The molecule has 0 aliphatic rings. The lowest BCUT2D eigenvalue weighted by atomic mass is 10.1. The van der Waals surface area contributed by atoms with E-state index in [4.69, 9.17) is 15.9 Å². The van der Waals surface area contributed by atoms with E-state index < -0.39 is 0 Å². The second-order valence-corrected chi connectivity index (χ2v) is 3.70. The van der Waals surface area contributed by atoms with Crippen molar-refractivity contribution < 1.29 is 4.74 Å². The molecule has 0 unspecified atom stereocenters. The van der Waals surface area contributed by atoms with E-state index in [9.17, 15) is 0 Å². The van der Waals surface area contributed by atoms with Crippen LogP contribution in [0.4, 0.5) is 5.69 Å². The molecule has 0 radical (unpaired) electrons. The number of hydrogen-bond donors (Lipinski definition) is 2. The third-order valence-corrected chi connectivity index (χ3v) is 2.45. The maximum absolute atomic E-state index is 7.51. The summed E-state index contributed by atoms with van der Waals surface area (Å²) in [6, 6.07) is 7.69. The van der Waals surface area contributed by atoms with E-state index in [0.717, 1.165) is 30.8 Å². The van der Waals surface area contributed by atoms with Gasteiger partial charge in [0.1, 0.15) is 5.84 Å². The molecule has 0 fully saturated rings. The van der Waals surface area contributed by atoms with Gasteiger partial charge in [-0.05, 0) is 18.6 Å². The number of nitrogens with two attached hydrogens (primary N) is 1. The van der Waals surface area contributed by atoms with Crippen molar-refractivity contribution in [1.82, 2.24) is 0 Å². The summed E-state index contributed by atoms with van der Waals surface area (Å²) >= 11 is 0. The summed E-state index contributed by atoms with van der Waals surface area (Å²) in [5.41, 5.74) is 7.31. The molecule has 0 atom stereocenters. The molecule has 3 N–H and O–H groups in total. The maximum Gasteiger partial charge on any atom is 0.124 e. The van der Waals surface area contributed by atoms with Crippen LogP contribution in [0.1, 0.15) is 12.0 Å². The molecule has 0 aliphatic heterocycles. The smallest absolute Gasteiger partial charge is 0.124 e. The van der Waals surface area contributed by atoms with Crippen molar-refractivity contribution in [2.24, 2.45) is 5.73 Å². The standard InChI is InChI=1S/C12H19N3O/c1-15(8-5-9-16-2)11-7-4-3-6-10(11)12(13)14/h3-4,6-7H,5,8-9H2,1-2H3,(H3,13,14). The summed E-state index contributed by atoms with van der Waals surface area (Å²) < 4.78 is 5.01. The van der Waals surface area contributed by atoms with Crippen LogP contribution in [-0.2, 0) is 4.74 Å². The molecule has 0 saturated heterocycles. The number of methoxy groups -OCH3 is 1. The quantitative estimate of drug-likeness (QED) is 0.434. The number of amidine groups is 1. The highest BCUT2D eigenvalue weighted by molar-refractivity contribution is 6.00. The zero-order chi connectivity index (χ0) is 12.0. The highest BCUT2D eigenvalue weighted by Crippen LogP contribution is 2.18. The maximum atomic E-state index is 7.51. The van der Waals surface area contributed by atoms with Gasteiger partial charge in [-0.15, -0.1) is 0 Å². The van der Waals surface area contributed by atoms with E-state index in [-0.39, 0.29) is 5.84 Å². The molecule has 1 aromatic rings. The Kier molecular flexibility index (Phi) is 4.79. The topological polar surface area (TPSA) is 62.3 Å². The Morgan fingerprint density at radius 2 is 2.12 bits per heavy atom. The van der Waals surface area contributed by atoms with Crippen molar-refractivity contribution in [2.45, 2.75) is 6.42 Å². The van der Waals surface area contributed by atoms with Gasteiger partial charge in [-0.2, -0.15) is 0 Å². The minimum Gasteiger partial charge on any atom is -0.385 e. The second kappa shape index (κ2) is 6.12. The van der Waals surface area contributed by atoms with Crippen LogP contribution in [0.15, 0.2) is 24.3 Å². The number of nitrogen functional groups attached to an aromatic ring is 1. The molecular weight excluding hydrogens is 202 g/mol. The number of anilines is 1. The minimum absolute atomic E-state index is 0.106. The number of nitrogens with zero attached hydrogens (tertiary/aromatic N) is 1. The first-order valence-corrected chi connectivity index (χ1v) is 5.30. The summed E-state index contributed by atoms with van der Waals surface area (Å²) in [4.78, 5) is 2.09. The van der Waals surface area contributed by atoms with Gasteiger partial charge >= 0.3 is 0 Å². The van der Waals surface area contributed by atoms with Crippen LogP contribution < -0.4 is 10.6 Å². The fraction of sp³-hybridized carbons (Fsp3) is 0.417. The van der Waals surface area contributed by atoms with Crippen LogP contribution in [0, 0.1) is 5.41 Å². The normalized spacial score (nSPS) is 10.1. The average Bonchev–Trinajstić information content (AvgIpc) is 2.29. The molecule has 4 nitrogen and oxygen atoms in total. The third kappa shape index (κ3) is 3.24. The second-order valence-electron chi connectivity index (χ2n) is 3.70. The van der Waals surface area contributed by atoms with E-state index in [1.54, 1.807) is 7.11 Å². The Hall–Kier alpha value is -1.55. The predicted molar refractivity (Wildman–Crippen MR) is 67.2 cm³/mol.